The van der Waals surface area contributed by atoms with Crippen molar-refractivity contribution in [3.05, 3.63) is 29.6 Å². The van der Waals surface area contributed by atoms with Gasteiger partial charge < -0.3 is 10.4 Å². The number of ketones is 1. The molecule has 0 heterocycles. The second-order valence-corrected chi connectivity index (χ2v) is 8.53. The van der Waals surface area contributed by atoms with Crippen molar-refractivity contribution in [2.24, 2.45) is 0 Å². The summed E-state index contributed by atoms with van der Waals surface area (Å²) in [4.78, 5) is 22.4. The van der Waals surface area contributed by atoms with Crippen LogP contribution in [0.3, 0.4) is 0 Å². The number of benzene rings is 1. The summed E-state index contributed by atoms with van der Waals surface area (Å²) in [7, 11) is 0. The Hall–Kier alpha value is -1.91. The molecular formula is C26H42FNO3. The first-order chi connectivity index (χ1) is 15.0. The van der Waals surface area contributed by atoms with Gasteiger partial charge in [0.2, 0.25) is 0 Å². The van der Waals surface area contributed by atoms with Crippen LogP contribution in [0, 0.1) is 5.82 Å². The fourth-order valence-corrected chi connectivity index (χ4v) is 3.74. The minimum atomic E-state index is -1.03. The Kier molecular flexibility index (Phi) is 15.5. The standard InChI is InChI=1S/C26H42FNO3/c1-2-3-4-5-6-7-8-9-10-11-12-13-14-15-20-28-24-17-16-22(21-23(24)27)25(29)18-19-26(30)31/h16-17,21,28H,2-15,18-20H2,1H3,(H,30,31). The molecule has 0 aliphatic heterocycles. The maximum atomic E-state index is 14.2. The Balaban J connectivity index is 2.02. The first-order valence-corrected chi connectivity index (χ1v) is 12.3. The van der Waals surface area contributed by atoms with Gasteiger partial charge in [-0.25, -0.2) is 4.39 Å². The highest BCUT2D eigenvalue weighted by atomic mass is 19.1. The third kappa shape index (κ3) is 13.9. The number of hydrogen-bond donors (Lipinski definition) is 2. The number of Topliss-reactive ketones (excluding diaryl/α,β-unsaturated/α-hetero) is 1. The number of aliphatic carboxylic acids is 1. The van der Waals surface area contributed by atoms with Gasteiger partial charge in [0.15, 0.2) is 5.78 Å². The topological polar surface area (TPSA) is 66.4 Å². The highest BCUT2D eigenvalue weighted by Crippen LogP contribution is 2.18. The third-order valence-electron chi connectivity index (χ3n) is 5.70. The average molecular weight is 436 g/mol. The van der Waals surface area contributed by atoms with Crippen LogP contribution in [0.1, 0.15) is 120 Å². The molecule has 0 aromatic heterocycles. The second kappa shape index (κ2) is 17.7. The fourth-order valence-electron chi connectivity index (χ4n) is 3.74. The van der Waals surface area contributed by atoms with Crippen molar-refractivity contribution in [1.82, 2.24) is 0 Å². The average Bonchev–Trinajstić information content (AvgIpc) is 2.75. The Morgan fingerprint density at radius 3 is 1.81 bits per heavy atom. The van der Waals surface area contributed by atoms with E-state index in [0.29, 0.717) is 12.2 Å². The molecule has 0 bridgehead atoms. The first-order valence-electron chi connectivity index (χ1n) is 12.3. The predicted octanol–water partition coefficient (Wildman–Crippen LogP) is 7.77. The molecule has 176 valence electrons. The van der Waals surface area contributed by atoms with Crippen LogP contribution in [0.4, 0.5) is 10.1 Å². The van der Waals surface area contributed by atoms with Gasteiger partial charge in [0.25, 0.3) is 0 Å². The maximum absolute atomic E-state index is 14.2. The normalized spacial score (nSPS) is 10.9. The summed E-state index contributed by atoms with van der Waals surface area (Å²) in [6.45, 7) is 2.97. The number of unbranched alkanes of at least 4 members (excludes halogenated alkanes) is 13. The van der Waals surface area contributed by atoms with Crippen molar-refractivity contribution < 1.29 is 19.1 Å². The zero-order chi connectivity index (χ0) is 22.7. The van der Waals surface area contributed by atoms with Crippen LogP contribution in [0.2, 0.25) is 0 Å². The molecule has 0 aliphatic carbocycles. The van der Waals surface area contributed by atoms with E-state index in [1.165, 1.54) is 83.1 Å². The van der Waals surface area contributed by atoms with Gasteiger partial charge in [0.05, 0.1) is 12.1 Å². The predicted molar refractivity (Wildman–Crippen MR) is 126 cm³/mol. The van der Waals surface area contributed by atoms with Crippen LogP contribution in [0.5, 0.6) is 0 Å². The van der Waals surface area contributed by atoms with Crippen LogP contribution in [-0.4, -0.2) is 23.4 Å². The van der Waals surface area contributed by atoms with Crippen LogP contribution in [0.15, 0.2) is 18.2 Å². The van der Waals surface area contributed by atoms with E-state index in [4.69, 9.17) is 5.11 Å². The van der Waals surface area contributed by atoms with Crippen LogP contribution in [0.25, 0.3) is 0 Å². The van der Waals surface area contributed by atoms with Crippen molar-refractivity contribution in [3.63, 3.8) is 0 Å². The molecule has 1 aromatic carbocycles. The van der Waals surface area contributed by atoms with Crippen molar-refractivity contribution in [2.45, 2.75) is 110 Å². The molecule has 0 radical (unpaired) electrons. The van der Waals surface area contributed by atoms with Gasteiger partial charge in [-0.05, 0) is 24.6 Å². The minimum absolute atomic E-state index is 0.111. The molecule has 1 aromatic rings. The maximum Gasteiger partial charge on any atom is 0.303 e. The molecular weight excluding hydrogens is 393 g/mol. The van der Waals surface area contributed by atoms with Crippen LogP contribution < -0.4 is 5.32 Å². The number of carboxylic acid groups (broad SMARTS) is 1. The van der Waals surface area contributed by atoms with Crippen LogP contribution in [-0.2, 0) is 4.79 Å². The monoisotopic (exact) mass is 435 g/mol. The molecule has 0 saturated carbocycles. The largest absolute Gasteiger partial charge is 0.481 e. The molecule has 2 N–H and O–H groups in total. The smallest absolute Gasteiger partial charge is 0.303 e. The number of carbonyl (C=O) groups is 2. The summed E-state index contributed by atoms with van der Waals surface area (Å²) >= 11 is 0. The number of rotatable bonds is 20. The van der Waals surface area contributed by atoms with Gasteiger partial charge in [-0.1, -0.05) is 90.4 Å². The lowest BCUT2D eigenvalue weighted by molar-refractivity contribution is -0.136. The lowest BCUT2D eigenvalue weighted by Gasteiger charge is -2.09. The summed E-state index contributed by atoms with van der Waals surface area (Å²) in [5.41, 5.74) is 0.616. The van der Waals surface area contributed by atoms with E-state index in [2.05, 4.69) is 12.2 Å². The van der Waals surface area contributed by atoms with Crippen molar-refractivity contribution in [2.75, 3.05) is 11.9 Å². The van der Waals surface area contributed by atoms with Crippen molar-refractivity contribution in [3.8, 4) is 0 Å². The molecule has 0 fully saturated rings. The zero-order valence-electron chi connectivity index (χ0n) is 19.4. The van der Waals surface area contributed by atoms with E-state index in [-0.39, 0.29) is 24.2 Å². The van der Waals surface area contributed by atoms with Gasteiger partial charge in [-0.2, -0.15) is 0 Å². The number of hydrogen-bond acceptors (Lipinski definition) is 3. The van der Waals surface area contributed by atoms with Gasteiger partial charge in [0.1, 0.15) is 5.82 Å². The molecule has 1 rings (SSSR count). The SMILES string of the molecule is CCCCCCCCCCCCCCCCNc1ccc(C(=O)CCC(=O)O)cc1F. The van der Waals surface area contributed by atoms with Gasteiger partial charge in [-0.15, -0.1) is 0 Å². The quantitative estimate of drug-likeness (QED) is 0.162. The van der Waals surface area contributed by atoms with Gasteiger partial charge >= 0.3 is 5.97 Å². The van der Waals surface area contributed by atoms with E-state index in [1.54, 1.807) is 12.1 Å². The van der Waals surface area contributed by atoms with E-state index in [1.807, 2.05) is 0 Å². The fraction of sp³-hybridized carbons (Fsp3) is 0.692. The van der Waals surface area contributed by atoms with Crippen molar-refractivity contribution in [1.29, 1.82) is 0 Å². The lowest BCUT2D eigenvalue weighted by atomic mass is 10.0. The molecule has 5 heteroatoms. The van der Waals surface area contributed by atoms with Gasteiger partial charge in [-0.3, -0.25) is 9.59 Å². The number of anilines is 1. The van der Waals surface area contributed by atoms with Crippen molar-refractivity contribution >= 4 is 17.4 Å². The summed E-state index contributed by atoms with van der Waals surface area (Å²) in [6, 6.07) is 4.31. The molecule has 31 heavy (non-hydrogen) atoms. The Bertz CT molecular complexity index is 633. The Labute approximate surface area is 188 Å². The summed E-state index contributed by atoms with van der Waals surface area (Å²) < 4.78 is 14.2. The van der Waals surface area contributed by atoms with E-state index >= 15 is 0 Å². The lowest BCUT2D eigenvalue weighted by Crippen LogP contribution is -2.07. The highest BCUT2D eigenvalue weighted by Gasteiger charge is 2.11. The minimum Gasteiger partial charge on any atom is -0.481 e. The molecule has 0 unspecified atom stereocenters. The molecule has 0 amide bonds. The Morgan fingerprint density at radius 2 is 1.32 bits per heavy atom. The number of nitrogens with one attached hydrogen (secondary N) is 1. The highest BCUT2D eigenvalue weighted by molar-refractivity contribution is 5.97. The van der Waals surface area contributed by atoms with E-state index < -0.39 is 11.8 Å². The zero-order valence-corrected chi connectivity index (χ0v) is 19.4. The molecule has 4 nitrogen and oxygen atoms in total. The molecule has 0 saturated heterocycles. The van der Waals surface area contributed by atoms with Gasteiger partial charge in [0, 0.05) is 18.5 Å². The molecule has 0 atom stereocenters. The number of carboxylic acids is 1. The number of carbonyl (C=O) groups excluding carboxylic acids is 1. The van der Waals surface area contributed by atoms with E-state index in [0.717, 1.165) is 12.8 Å². The van der Waals surface area contributed by atoms with E-state index in [9.17, 15) is 14.0 Å². The third-order valence-corrected chi connectivity index (χ3v) is 5.70. The second-order valence-electron chi connectivity index (χ2n) is 8.53. The summed E-state index contributed by atoms with van der Waals surface area (Å²) in [5.74, 6) is -1.84. The summed E-state index contributed by atoms with van der Waals surface area (Å²) in [6.07, 6.45) is 18.0. The number of halogens is 1. The molecule has 0 aliphatic rings. The summed E-state index contributed by atoms with van der Waals surface area (Å²) in [5, 5.41) is 11.7. The molecule has 0 spiro atoms. The van der Waals surface area contributed by atoms with Crippen LogP contribution >= 0.6 is 0 Å². The first kappa shape index (κ1) is 27.1. The Morgan fingerprint density at radius 1 is 0.806 bits per heavy atom.